The van der Waals surface area contributed by atoms with Crippen molar-refractivity contribution in [3.05, 3.63) is 47.0 Å². The van der Waals surface area contributed by atoms with E-state index in [2.05, 4.69) is 20.4 Å². The first-order valence-electron chi connectivity index (χ1n) is 11.5. The highest BCUT2D eigenvalue weighted by Gasteiger charge is 2.45. The van der Waals surface area contributed by atoms with E-state index in [9.17, 15) is 19.2 Å². The van der Waals surface area contributed by atoms with E-state index in [0.717, 1.165) is 53.9 Å². The zero-order valence-electron chi connectivity index (χ0n) is 19.0. The third-order valence-corrected chi connectivity index (χ3v) is 7.12. The fourth-order valence-corrected chi connectivity index (χ4v) is 5.30. The quantitative estimate of drug-likeness (QED) is 0.438. The molecule has 34 heavy (non-hydrogen) atoms. The number of imide groups is 1. The summed E-state index contributed by atoms with van der Waals surface area (Å²) in [7, 11) is 1.25. The molecule has 2 fully saturated rings. The molecule has 1 aliphatic carbocycles. The Kier molecular flexibility index (Phi) is 7.56. The average molecular weight is 485 g/mol. The molecule has 1 aromatic carbocycles. The van der Waals surface area contributed by atoms with Crippen LogP contribution in [0.2, 0.25) is 0 Å². The molecule has 0 spiro atoms. The molecule has 0 radical (unpaired) electrons. The second-order valence-electron chi connectivity index (χ2n) is 8.67. The number of amides is 4. The summed E-state index contributed by atoms with van der Waals surface area (Å²) in [5, 5.41) is 7.15. The summed E-state index contributed by atoms with van der Waals surface area (Å²) in [4.78, 5) is 56.4. The van der Waals surface area contributed by atoms with Crippen LogP contribution in [0.3, 0.4) is 0 Å². The SMILES string of the molecule is COC(=O)c1csc(NC(=O)[C@H](CC2CCCCC2)N2C(=O)N[C@@H](Cc3ccccc3)C2=O)n1. The summed E-state index contributed by atoms with van der Waals surface area (Å²) >= 11 is 1.08. The lowest BCUT2D eigenvalue weighted by Gasteiger charge is -2.30. The summed E-state index contributed by atoms with van der Waals surface area (Å²) < 4.78 is 4.66. The molecule has 1 saturated carbocycles. The second kappa shape index (κ2) is 10.8. The largest absolute Gasteiger partial charge is 0.464 e. The van der Waals surface area contributed by atoms with Crippen molar-refractivity contribution in [3.8, 4) is 0 Å². The lowest BCUT2D eigenvalue weighted by molar-refractivity contribution is -0.134. The van der Waals surface area contributed by atoms with Crippen LogP contribution >= 0.6 is 11.3 Å². The molecule has 0 unspecified atom stereocenters. The second-order valence-corrected chi connectivity index (χ2v) is 9.53. The fourth-order valence-electron chi connectivity index (χ4n) is 4.62. The average Bonchev–Trinajstić information content (AvgIpc) is 3.42. The number of urea groups is 1. The maximum Gasteiger partial charge on any atom is 0.357 e. The van der Waals surface area contributed by atoms with Gasteiger partial charge in [-0.25, -0.2) is 19.5 Å². The highest BCUT2D eigenvalue weighted by Crippen LogP contribution is 2.30. The zero-order chi connectivity index (χ0) is 24.1. The number of ether oxygens (including phenoxy) is 1. The van der Waals surface area contributed by atoms with Crippen molar-refractivity contribution < 1.29 is 23.9 Å². The number of aromatic nitrogens is 1. The molecular weight excluding hydrogens is 456 g/mol. The van der Waals surface area contributed by atoms with Crippen LogP contribution in [0.25, 0.3) is 0 Å². The molecule has 0 bridgehead atoms. The predicted molar refractivity (Wildman–Crippen MR) is 126 cm³/mol. The van der Waals surface area contributed by atoms with Crippen LogP contribution in [0, 0.1) is 5.92 Å². The number of hydrogen-bond donors (Lipinski definition) is 2. The molecule has 10 heteroatoms. The number of carbonyl (C=O) groups is 4. The number of rotatable bonds is 8. The molecule has 1 aliphatic heterocycles. The van der Waals surface area contributed by atoms with Crippen molar-refractivity contribution in [2.24, 2.45) is 5.92 Å². The molecule has 2 aliphatic rings. The van der Waals surface area contributed by atoms with Gasteiger partial charge in [0.1, 0.15) is 12.1 Å². The van der Waals surface area contributed by atoms with Crippen molar-refractivity contribution in [3.63, 3.8) is 0 Å². The van der Waals surface area contributed by atoms with E-state index in [1.54, 1.807) is 0 Å². The number of esters is 1. The zero-order valence-corrected chi connectivity index (χ0v) is 19.8. The van der Waals surface area contributed by atoms with Crippen molar-refractivity contribution >= 4 is 40.3 Å². The van der Waals surface area contributed by atoms with Gasteiger partial charge in [0.05, 0.1) is 7.11 Å². The predicted octanol–water partition coefficient (Wildman–Crippen LogP) is 3.37. The lowest BCUT2D eigenvalue weighted by atomic mass is 9.84. The van der Waals surface area contributed by atoms with E-state index < -0.39 is 35.9 Å². The van der Waals surface area contributed by atoms with Gasteiger partial charge < -0.3 is 15.4 Å². The van der Waals surface area contributed by atoms with Crippen LogP contribution in [0.1, 0.15) is 54.6 Å². The number of hydrogen-bond acceptors (Lipinski definition) is 7. The van der Waals surface area contributed by atoms with Gasteiger partial charge in [0, 0.05) is 11.8 Å². The van der Waals surface area contributed by atoms with Gasteiger partial charge in [-0.2, -0.15) is 0 Å². The van der Waals surface area contributed by atoms with E-state index >= 15 is 0 Å². The number of nitrogens with zero attached hydrogens (tertiary/aromatic N) is 2. The normalized spacial score (nSPS) is 19.6. The molecule has 2 heterocycles. The minimum Gasteiger partial charge on any atom is -0.464 e. The van der Waals surface area contributed by atoms with Gasteiger partial charge in [-0.05, 0) is 17.9 Å². The summed E-state index contributed by atoms with van der Waals surface area (Å²) in [6.45, 7) is 0. The summed E-state index contributed by atoms with van der Waals surface area (Å²) in [5.74, 6) is -1.24. The van der Waals surface area contributed by atoms with Crippen LogP contribution in [0.15, 0.2) is 35.7 Å². The molecule has 1 saturated heterocycles. The van der Waals surface area contributed by atoms with Crippen molar-refractivity contribution in [2.75, 3.05) is 12.4 Å². The third kappa shape index (κ3) is 5.44. The van der Waals surface area contributed by atoms with Gasteiger partial charge in [-0.1, -0.05) is 62.4 Å². The van der Waals surface area contributed by atoms with Gasteiger partial charge in [-0.15, -0.1) is 11.3 Å². The standard InChI is InChI=1S/C24H28N4O5S/c1-33-22(31)18-14-34-23(25-18)27-20(29)19(13-16-10-6-3-7-11-16)28-21(30)17(26-24(28)32)12-15-8-4-2-5-9-15/h2,4-5,8-9,14,16-17,19H,3,6-7,10-13H2,1H3,(H,26,32)(H,25,27,29)/t17-,19-/m0/s1. The van der Waals surface area contributed by atoms with E-state index in [-0.39, 0.29) is 16.7 Å². The van der Waals surface area contributed by atoms with Gasteiger partial charge >= 0.3 is 12.0 Å². The first-order chi connectivity index (χ1) is 16.5. The molecule has 4 rings (SSSR count). The van der Waals surface area contributed by atoms with Crippen LogP contribution in [0.4, 0.5) is 9.93 Å². The number of carbonyl (C=O) groups excluding carboxylic acids is 4. The third-order valence-electron chi connectivity index (χ3n) is 6.36. The Bertz CT molecular complexity index is 1050. The van der Waals surface area contributed by atoms with E-state index in [1.165, 1.54) is 12.5 Å². The Balaban J connectivity index is 1.53. The van der Waals surface area contributed by atoms with E-state index in [1.807, 2.05) is 30.3 Å². The van der Waals surface area contributed by atoms with Crippen LogP contribution in [-0.2, 0) is 20.7 Å². The first-order valence-corrected chi connectivity index (χ1v) is 12.4. The summed E-state index contributed by atoms with van der Waals surface area (Å²) in [6, 6.07) is 7.21. The minimum atomic E-state index is -0.957. The first kappa shape index (κ1) is 23.9. The molecule has 2 N–H and O–H groups in total. The Morgan fingerprint density at radius 1 is 1.21 bits per heavy atom. The maximum atomic E-state index is 13.3. The highest BCUT2D eigenvalue weighted by molar-refractivity contribution is 7.14. The smallest absolute Gasteiger partial charge is 0.357 e. The van der Waals surface area contributed by atoms with E-state index in [0.29, 0.717) is 12.8 Å². The number of anilines is 1. The lowest BCUT2D eigenvalue weighted by Crippen LogP contribution is -2.49. The molecule has 4 amide bonds. The molecule has 180 valence electrons. The topological polar surface area (TPSA) is 118 Å². The minimum absolute atomic E-state index is 0.0875. The number of nitrogens with one attached hydrogen (secondary N) is 2. The molecule has 1 aromatic heterocycles. The number of benzene rings is 1. The monoisotopic (exact) mass is 484 g/mol. The summed E-state index contributed by atoms with van der Waals surface area (Å²) in [6.07, 6.45) is 5.99. The highest BCUT2D eigenvalue weighted by atomic mass is 32.1. The Morgan fingerprint density at radius 3 is 2.65 bits per heavy atom. The Hall–Kier alpha value is -3.27. The van der Waals surface area contributed by atoms with Gasteiger partial charge in [0.25, 0.3) is 5.91 Å². The number of methoxy groups -OCH3 is 1. The van der Waals surface area contributed by atoms with Gasteiger partial charge in [0.2, 0.25) is 5.91 Å². The molecule has 9 nitrogen and oxygen atoms in total. The van der Waals surface area contributed by atoms with Gasteiger partial charge in [-0.3, -0.25) is 9.59 Å². The fraction of sp³-hybridized carbons (Fsp3) is 0.458. The van der Waals surface area contributed by atoms with Crippen LogP contribution in [0.5, 0.6) is 0 Å². The van der Waals surface area contributed by atoms with Crippen LogP contribution < -0.4 is 10.6 Å². The van der Waals surface area contributed by atoms with Crippen molar-refractivity contribution in [1.29, 1.82) is 0 Å². The van der Waals surface area contributed by atoms with Gasteiger partial charge in [0.15, 0.2) is 10.8 Å². The van der Waals surface area contributed by atoms with Crippen molar-refractivity contribution in [1.82, 2.24) is 15.2 Å². The maximum absolute atomic E-state index is 13.3. The van der Waals surface area contributed by atoms with Crippen molar-refractivity contribution in [2.45, 2.75) is 57.0 Å². The molecular formula is C24H28N4O5S. The summed E-state index contributed by atoms with van der Waals surface area (Å²) in [5.41, 5.74) is 1.01. The Labute approximate surface area is 201 Å². The van der Waals surface area contributed by atoms with E-state index in [4.69, 9.17) is 0 Å². The molecule has 2 atom stereocenters. The Morgan fingerprint density at radius 2 is 1.94 bits per heavy atom. The molecule has 2 aromatic rings. The number of thiazole rings is 1. The van der Waals surface area contributed by atoms with Crippen LogP contribution in [-0.4, -0.2) is 52.9 Å².